The zero-order valence-electron chi connectivity index (χ0n) is 12.2. The maximum Gasteiger partial charge on any atom is 0.236 e. The number of piperidine rings is 1. The van der Waals surface area contributed by atoms with Crippen molar-refractivity contribution >= 4 is 34.1 Å². The average Bonchev–Trinajstić information content (AvgIpc) is 2.82. The van der Waals surface area contributed by atoms with E-state index in [2.05, 4.69) is 22.2 Å². The Labute approximate surface area is 129 Å². The van der Waals surface area contributed by atoms with E-state index in [1.807, 2.05) is 12.3 Å². The quantitative estimate of drug-likeness (QED) is 0.820. The summed E-state index contributed by atoms with van der Waals surface area (Å²) in [6.45, 7) is 3.15. The highest BCUT2D eigenvalue weighted by molar-refractivity contribution is 7.99. The Morgan fingerprint density at radius 1 is 1.60 bits per heavy atom. The Kier molecular flexibility index (Phi) is 6.32. The summed E-state index contributed by atoms with van der Waals surface area (Å²) >= 11 is 3.20. The van der Waals surface area contributed by atoms with Crippen LogP contribution in [-0.4, -0.2) is 46.9 Å². The summed E-state index contributed by atoms with van der Waals surface area (Å²) in [5, 5.41) is 5.50. The number of carbonyl (C=O) groups excluding carboxylic acids is 1. The Balaban J connectivity index is 1.59. The molecule has 0 radical (unpaired) electrons. The monoisotopic (exact) mass is 313 g/mol. The van der Waals surface area contributed by atoms with E-state index in [-0.39, 0.29) is 5.91 Å². The van der Waals surface area contributed by atoms with E-state index >= 15 is 0 Å². The molecule has 0 aliphatic carbocycles. The van der Waals surface area contributed by atoms with E-state index in [1.54, 1.807) is 11.8 Å². The molecule has 2 rings (SSSR count). The van der Waals surface area contributed by atoms with E-state index in [0.717, 1.165) is 11.4 Å². The average molecular weight is 313 g/mol. The number of amides is 1. The molecule has 1 N–H and O–H groups in total. The number of aromatic nitrogens is 1. The van der Waals surface area contributed by atoms with Crippen LogP contribution < -0.4 is 5.32 Å². The van der Waals surface area contributed by atoms with Crippen LogP contribution in [0.3, 0.4) is 0 Å². The van der Waals surface area contributed by atoms with Crippen molar-refractivity contribution in [1.82, 2.24) is 9.88 Å². The molecule has 1 fully saturated rings. The number of thioether (sulfide) groups is 1. The molecular weight excluding hydrogens is 290 g/mol. The minimum absolute atomic E-state index is 0.0568. The van der Waals surface area contributed by atoms with E-state index in [0.29, 0.717) is 16.9 Å². The number of hydrogen-bond acceptors (Lipinski definition) is 5. The van der Waals surface area contributed by atoms with Gasteiger partial charge in [0.2, 0.25) is 5.91 Å². The number of thiazole rings is 1. The van der Waals surface area contributed by atoms with Crippen LogP contribution in [0.1, 0.15) is 31.4 Å². The molecule has 1 atom stereocenters. The van der Waals surface area contributed by atoms with Crippen LogP contribution in [-0.2, 0) is 4.79 Å². The summed E-state index contributed by atoms with van der Waals surface area (Å²) in [6, 6.07) is 0.709. The minimum atomic E-state index is 0.0568. The molecule has 1 saturated heterocycles. The molecule has 0 aromatic carbocycles. The third-order valence-electron chi connectivity index (χ3n) is 3.62. The zero-order valence-corrected chi connectivity index (χ0v) is 13.9. The van der Waals surface area contributed by atoms with E-state index in [1.165, 1.54) is 43.6 Å². The van der Waals surface area contributed by atoms with Crippen molar-refractivity contribution in [2.24, 2.45) is 0 Å². The highest BCUT2D eigenvalue weighted by Crippen LogP contribution is 2.20. The van der Waals surface area contributed by atoms with Gasteiger partial charge in [-0.15, -0.1) is 11.3 Å². The molecule has 0 spiro atoms. The molecule has 112 valence electrons. The smallest absolute Gasteiger partial charge is 0.236 e. The molecule has 1 aliphatic heterocycles. The van der Waals surface area contributed by atoms with Gasteiger partial charge in [0.05, 0.1) is 11.4 Å². The topological polar surface area (TPSA) is 45.2 Å². The first-order chi connectivity index (χ1) is 9.65. The Bertz CT molecular complexity index is 436. The van der Waals surface area contributed by atoms with Gasteiger partial charge in [0.15, 0.2) is 5.13 Å². The summed E-state index contributed by atoms with van der Waals surface area (Å²) in [4.78, 5) is 18.5. The molecule has 0 bridgehead atoms. The Morgan fingerprint density at radius 2 is 2.45 bits per heavy atom. The van der Waals surface area contributed by atoms with Crippen LogP contribution in [0.5, 0.6) is 0 Å². The van der Waals surface area contributed by atoms with Crippen LogP contribution in [0.15, 0.2) is 5.38 Å². The largest absolute Gasteiger partial charge is 0.303 e. The molecule has 0 unspecified atom stereocenters. The van der Waals surface area contributed by atoms with Gasteiger partial charge in [-0.3, -0.25) is 4.79 Å². The predicted octanol–water partition coefficient (Wildman–Crippen LogP) is 3.00. The van der Waals surface area contributed by atoms with Crippen LogP contribution in [0, 0.1) is 6.92 Å². The molecule has 1 aromatic heterocycles. The molecule has 2 heterocycles. The summed E-state index contributed by atoms with van der Waals surface area (Å²) < 4.78 is 0. The lowest BCUT2D eigenvalue weighted by atomic mass is 10.0. The minimum Gasteiger partial charge on any atom is -0.303 e. The number of likely N-dealkylation sites (tertiary alicyclic amines) is 1. The lowest BCUT2D eigenvalue weighted by Gasteiger charge is -2.32. The Hall–Kier alpha value is -0.590. The molecule has 1 aliphatic rings. The maximum absolute atomic E-state index is 11.8. The lowest BCUT2D eigenvalue weighted by molar-refractivity contribution is -0.113. The second kappa shape index (κ2) is 8.00. The summed E-state index contributed by atoms with van der Waals surface area (Å²) in [5.41, 5.74) is 0.957. The van der Waals surface area contributed by atoms with E-state index in [9.17, 15) is 4.79 Å². The normalized spacial score (nSPS) is 20.0. The van der Waals surface area contributed by atoms with Crippen molar-refractivity contribution < 1.29 is 4.79 Å². The summed E-state index contributed by atoms with van der Waals surface area (Å²) in [5.74, 6) is 1.63. The SMILES string of the molecule is Cc1csc(NC(=O)CSCC[C@H]2CCCCN2C)n1. The first-order valence-electron chi connectivity index (χ1n) is 7.15. The molecular formula is C14H23N3OS2. The van der Waals surface area contributed by atoms with Crippen molar-refractivity contribution in [2.75, 3.05) is 30.4 Å². The van der Waals surface area contributed by atoms with Crippen molar-refractivity contribution in [2.45, 2.75) is 38.6 Å². The number of anilines is 1. The number of rotatable bonds is 6. The first-order valence-corrected chi connectivity index (χ1v) is 9.18. The van der Waals surface area contributed by atoms with Gasteiger partial charge >= 0.3 is 0 Å². The molecule has 6 heteroatoms. The number of nitrogens with zero attached hydrogens (tertiary/aromatic N) is 2. The van der Waals surface area contributed by atoms with Gasteiger partial charge in [0.1, 0.15) is 0 Å². The third-order valence-corrected chi connectivity index (χ3v) is 5.48. The number of nitrogens with one attached hydrogen (secondary N) is 1. The van der Waals surface area contributed by atoms with Crippen LogP contribution in [0.25, 0.3) is 0 Å². The van der Waals surface area contributed by atoms with Crippen LogP contribution in [0.2, 0.25) is 0 Å². The van der Waals surface area contributed by atoms with Crippen LogP contribution >= 0.6 is 23.1 Å². The van der Waals surface area contributed by atoms with Crippen molar-refractivity contribution in [3.05, 3.63) is 11.1 Å². The second-order valence-corrected chi connectivity index (χ2v) is 7.28. The fraction of sp³-hybridized carbons (Fsp3) is 0.714. The second-order valence-electron chi connectivity index (χ2n) is 5.31. The van der Waals surface area contributed by atoms with Gasteiger partial charge < -0.3 is 10.2 Å². The fourth-order valence-electron chi connectivity index (χ4n) is 2.46. The Morgan fingerprint density at radius 3 is 3.15 bits per heavy atom. The molecule has 4 nitrogen and oxygen atoms in total. The van der Waals surface area contributed by atoms with E-state index < -0.39 is 0 Å². The van der Waals surface area contributed by atoms with Gasteiger partial charge in [-0.05, 0) is 45.5 Å². The highest BCUT2D eigenvalue weighted by atomic mass is 32.2. The maximum atomic E-state index is 11.8. The molecule has 1 aromatic rings. The third kappa shape index (κ3) is 5.07. The van der Waals surface area contributed by atoms with Gasteiger partial charge in [0.25, 0.3) is 0 Å². The predicted molar refractivity (Wildman–Crippen MR) is 87.7 cm³/mol. The van der Waals surface area contributed by atoms with Crippen LogP contribution in [0.4, 0.5) is 5.13 Å². The zero-order chi connectivity index (χ0) is 14.4. The standard InChI is InChI=1S/C14H23N3OS2/c1-11-9-20-14(15-11)16-13(18)10-19-8-6-12-5-3-4-7-17(12)2/h9,12H,3-8,10H2,1-2H3,(H,15,16,18)/t12-/m1/s1. The highest BCUT2D eigenvalue weighted by Gasteiger charge is 2.18. The number of carbonyl (C=O) groups is 1. The summed E-state index contributed by atoms with van der Waals surface area (Å²) in [7, 11) is 2.21. The molecule has 1 amide bonds. The number of aryl methyl sites for hydroxylation is 1. The van der Waals surface area contributed by atoms with Gasteiger partial charge in [-0.1, -0.05) is 6.42 Å². The lowest BCUT2D eigenvalue weighted by Crippen LogP contribution is -2.36. The van der Waals surface area contributed by atoms with Crippen molar-refractivity contribution in [3.8, 4) is 0 Å². The molecule has 20 heavy (non-hydrogen) atoms. The van der Waals surface area contributed by atoms with Crippen molar-refractivity contribution in [3.63, 3.8) is 0 Å². The van der Waals surface area contributed by atoms with Crippen molar-refractivity contribution in [1.29, 1.82) is 0 Å². The number of hydrogen-bond donors (Lipinski definition) is 1. The first kappa shape index (κ1) is 15.8. The fourth-order valence-corrected chi connectivity index (χ4v) is 4.00. The van der Waals surface area contributed by atoms with Gasteiger partial charge in [-0.25, -0.2) is 4.98 Å². The van der Waals surface area contributed by atoms with Gasteiger partial charge in [0, 0.05) is 11.4 Å². The summed E-state index contributed by atoms with van der Waals surface area (Å²) in [6.07, 6.45) is 5.17. The van der Waals surface area contributed by atoms with Gasteiger partial charge in [-0.2, -0.15) is 11.8 Å². The molecule has 0 saturated carbocycles. The van der Waals surface area contributed by atoms with E-state index in [4.69, 9.17) is 0 Å².